The number of thioether (sulfide) groups is 1. The second kappa shape index (κ2) is 7.09. The highest BCUT2D eigenvalue weighted by Crippen LogP contribution is 2.37. The molecule has 2 heterocycles. The zero-order chi connectivity index (χ0) is 17.9. The lowest BCUT2D eigenvalue weighted by Crippen LogP contribution is -2.24. The summed E-state index contributed by atoms with van der Waals surface area (Å²) in [5, 5.41) is 5.56. The van der Waals surface area contributed by atoms with E-state index in [2.05, 4.69) is 16.7 Å². The Bertz CT molecular complexity index is 911. The van der Waals surface area contributed by atoms with Gasteiger partial charge < -0.3 is 15.1 Å². The van der Waals surface area contributed by atoms with Gasteiger partial charge >= 0.3 is 0 Å². The van der Waals surface area contributed by atoms with E-state index in [-0.39, 0.29) is 22.8 Å². The fraction of sp³-hybridized carbons (Fsp3) is 0.100. The van der Waals surface area contributed by atoms with Gasteiger partial charge in [-0.05, 0) is 54.4 Å². The van der Waals surface area contributed by atoms with Gasteiger partial charge in [-0.3, -0.25) is 9.59 Å². The molecule has 0 saturated heterocycles. The Labute approximate surface area is 154 Å². The number of amides is 2. The van der Waals surface area contributed by atoms with Crippen molar-refractivity contribution in [3.63, 3.8) is 0 Å². The van der Waals surface area contributed by atoms with Crippen LogP contribution < -0.4 is 10.6 Å². The van der Waals surface area contributed by atoms with Gasteiger partial charge in [-0.25, -0.2) is 0 Å². The van der Waals surface area contributed by atoms with Gasteiger partial charge in [-0.15, -0.1) is 11.8 Å². The van der Waals surface area contributed by atoms with Gasteiger partial charge in [0.15, 0.2) is 5.76 Å². The fourth-order valence-corrected chi connectivity index (χ4v) is 3.98. The minimum absolute atomic E-state index is 0.0152. The lowest BCUT2D eigenvalue weighted by atomic mass is 10.1. The Hall–Kier alpha value is -2.99. The van der Waals surface area contributed by atoms with E-state index in [0.717, 1.165) is 6.42 Å². The molecule has 3 aromatic rings. The van der Waals surface area contributed by atoms with Crippen molar-refractivity contribution in [2.45, 2.75) is 16.6 Å². The van der Waals surface area contributed by atoms with Crippen LogP contribution in [0.1, 0.15) is 16.1 Å². The molecule has 0 spiro atoms. The van der Waals surface area contributed by atoms with Crippen molar-refractivity contribution in [1.82, 2.24) is 0 Å². The van der Waals surface area contributed by atoms with Gasteiger partial charge in [0.25, 0.3) is 5.91 Å². The molecule has 5 nitrogen and oxygen atoms in total. The monoisotopic (exact) mass is 364 g/mol. The molecular formula is C20H16N2O3S. The van der Waals surface area contributed by atoms with E-state index < -0.39 is 0 Å². The maximum absolute atomic E-state index is 12.5. The van der Waals surface area contributed by atoms with Crippen LogP contribution >= 0.6 is 11.8 Å². The fourth-order valence-electron chi connectivity index (χ4n) is 2.79. The van der Waals surface area contributed by atoms with E-state index in [0.29, 0.717) is 11.4 Å². The number of rotatable bonds is 4. The molecule has 0 radical (unpaired) electrons. The summed E-state index contributed by atoms with van der Waals surface area (Å²) in [4.78, 5) is 25.6. The quantitative estimate of drug-likeness (QED) is 0.728. The zero-order valence-corrected chi connectivity index (χ0v) is 14.6. The van der Waals surface area contributed by atoms with Crippen molar-refractivity contribution in [2.24, 2.45) is 0 Å². The number of hydrogen-bond donors (Lipinski definition) is 2. The first-order valence-electron chi connectivity index (χ1n) is 8.19. The Morgan fingerprint density at radius 1 is 0.923 bits per heavy atom. The van der Waals surface area contributed by atoms with E-state index in [9.17, 15) is 9.59 Å². The lowest BCUT2D eigenvalue weighted by Gasteiger charge is -2.11. The molecule has 0 bridgehead atoms. The highest BCUT2D eigenvalue weighted by Gasteiger charge is 2.27. The predicted octanol–water partition coefficient (Wildman–Crippen LogP) is 4.19. The molecule has 130 valence electrons. The average Bonchev–Trinajstić information content (AvgIpc) is 3.33. The van der Waals surface area contributed by atoms with Crippen molar-refractivity contribution >= 4 is 35.0 Å². The average molecular weight is 364 g/mol. The van der Waals surface area contributed by atoms with E-state index in [1.807, 2.05) is 18.2 Å². The summed E-state index contributed by atoms with van der Waals surface area (Å²) in [6, 6.07) is 18.4. The number of nitrogens with one attached hydrogen (secondary N) is 2. The molecule has 1 aromatic heterocycles. The van der Waals surface area contributed by atoms with Crippen LogP contribution in [0.15, 0.2) is 76.2 Å². The van der Waals surface area contributed by atoms with Crippen LogP contribution in [0.4, 0.5) is 11.4 Å². The number of carbonyl (C=O) groups excluding carboxylic acids is 2. The molecular weight excluding hydrogens is 348 g/mol. The first-order valence-corrected chi connectivity index (χ1v) is 9.07. The molecule has 4 rings (SSSR count). The first-order chi connectivity index (χ1) is 12.7. The van der Waals surface area contributed by atoms with Gasteiger partial charge in [-0.1, -0.05) is 18.2 Å². The molecule has 2 amide bonds. The molecule has 0 fully saturated rings. The molecule has 1 aliphatic rings. The second-order valence-electron chi connectivity index (χ2n) is 5.92. The van der Waals surface area contributed by atoms with E-state index in [4.69, 9.17) is 4.42 Å². The molecule has 6 heteroatoms. The Morgan fingerprint density at radius 3 is 2.35 bits per heavy atom. The van der Waals surface area contributed by atoms with Gasteiger partial charge in [0, 0.05) is 16.3 Å². The zero-order valence-electron chi connectivity index (χ0n) is 13.8. The molecule has 0 aliphatic carbocycles. The second-order valence-corrected chi connectivity index (χ2v) is 7.16. The summed E-state index contributed by atoms with van der Waals surface area (Å²) < 4.78 is 5.06. The summed E-state index contributed by atoms with van der Waals surface area (Å²) in [6.07, 6.45) is 2.19. The van der Waals surface area contributed by atoms with Crippen molar-refractivity contribution in [1.29, 1.82) is 0 Å². The number of anilines is 2. The van der Waals surface area contributed by atoms with Gasteiger partial charge in [0.2, 0.25) is 5.91 Å². The van der Waals surface area contributed by atoms with Crippen LogP contribution in [0, 0.1) is 0 Å². The van der Waals surface area contributed by atoms with Crippen LogP contribution in [0.2, 0.25) is 0 Å². The minimum Gasteiger partial charge on any atom is -0.459 e. The van der Waals surface area contributed by atoms with Crippen LogP contribution in [-0.2, 0) is 11.2 Å². The molecule has 0 saturated carbocycles. The van der Waals surface area contributed by atoms with Crippen LogP contribution in [0.3, 0.4) is 0 Å². The molecule has 1 unspecified atom stereocenters. The van der Waals surface area contributed by atoms with Gasteiger partial charge in [-0.2, -0.15) is 0 Å². The van der Waals surface area contributed by atoms with E-state index >= 15 is 0 Å². The molecule has 2 N–H and O–H groups in total. The van der Waals surface area contributed by atoms with E-state index in [1.54, 1.807) is 48.2 Å². The maximum atomic E-state index is 12.5. The summed E-state index contributed by atoms with van der Waals surface area (Å²) in [6.45, 7) is 0. The Morgan fingerprint density at radius 2 is 1.65 bits per heavy atom. The normalized spacial score (nSPS) is 15.3. The van der Waals surface area contributed by atoms with Crippen molar-refractivity contribution < 1.29 is 14.0 Å². The van der Waals surface area contributed by atoms with Crippen LogP contribution in [0.5, 0.6) is 0 Å². The third-order valence-electron chi connectivity index (χ3n) is 4.09. The van der Waals surface area contributed by atoms with Crippen LogP contribution in [0.25, 0.3) is 0 Å². The smallest absolute Gasteiger partial charge is 0.291 e. The number of furan rings is 1. The number of hydrogen-bond acceptors (Lipinski definition) is 4. The van der Waals surface area contributed by atoms with Gasteiger partial charge in [0.1, 0.15) is 0 Å². The summed E-state index contributed by atoms with van der Waals surface area (Å²) in [5.41, 5.74) is 2.54. The third-order valence-corrected chi connectivity index (χ3v) is 5.41. The molecule has 26 heavy (non-hydrogen) atoms. The highest BCUT2D eigenvalue weighted by atomic mass is 32.2. The SMILES string of the molecule is O=C(Nc1ccc(NC(=O)C2Cc3ccccc3S2)cc1)c1ccco1. The largest absolute Gasteiger partial charge is 0.459 e. The Kier molecular flexibility index (Phi) is 4.50. The van der Waals surface area contributed by atoms with E-state index in [1.165, 1.54) is 16.7 Å². The maximum Gasteiger partial charge on any atom is 0.291 e. The standard InChI is InChI=1S/C20H16N2O3S/c23-19(16-5-3-11-25-16)21-14-7-9-15(10-8-14)22-20(24)18-12-13-4-1-2-6-17(13)26-18/h1-11,18H,12H2,(H,21,23)(H,22,24). The first kappa shape index (κ1) is 16.5. The third kappa shape index (κ3) is 3.50. The predicted molar refractivity (Wildman–Crippen MR) is 102 cm³/mol. The minimum atomic E-state index is -0.313. The highest BCUT2D eigenvalue weighted by molar-refractivity contribution is 8.01. The van der Waals surface area contributed by atoms with Gasteiger partial charge in [0.05, 0.1) is 11.5 Å². The van der Waals surface area contributed by atoms with Crippen molar-refractivity contribution in [2.75, 3.05) is 10.6 Å². The molecule has 1 aliphatic heterocycles. The Balaban J connectivity index is 1.36. The summed E-state index contributed by atoms with van der Waals surface area (Å²) in [7, 11) is 0. The molecule has 1 atom stereocenters. The number of benzene rings is 2. The summed E-state index contributed by atoms with van der Waals surface area (Å²) in [5.74, 6) is -0.0781. The number of carbonyl (C=O) groups is 2. The topological polar surface area (TPSA) is 71.3 Å². The lowest BCUT2D eigenvalue weighted by molar-refractivity contribution is -0.115. The summed E-state index contributed by atoms with van der Waals surface area (Å²) >= 11 is 1.59. The number of fused-ring (bicyclic) bond motifs is 1. The van der Waals surface area contributed by atoms with Crippen molar-refractivity contribution in [3.05, 3.63) is 78.3 Å². The van der Waals surface area contributed by atoms with Crippen LogP contribution in [-0.4, -0.2) is 17.1 Å². The molecule has 2 aromatic carbocycles. The van der Waals surface area contributed by atoms with Crippen molar-refractivity contribution in [3.8, 4) is 0 Å².